The first kappa shape index (κ1) is 46.5. The Hall–Kier alpha value is -5.91. The van der Waals surface area contributed by atoms with Crippen molar-refractivity contribution in [2.24, 2.45) is 17.6 Å². The molecule has 0 aliphatic carbocycles. The highest BCUT2D eigenvalue weighted by Gasteiger charge is 2.34. The maximum Gasteiger partial charge on any atom is 0.326 e. The Bertz CT molecular complexity index is 1910. The van der Waals surface area contributed by atoms with Crippen molar-refractivity contribution in [1.82, 2.24) is 36.9 Å². The highest BCUT2D eigenvalue weighted by Crippen LogP contribution is 2.19. The average molecular weight is 813 g/mol. The van der Waals surface area contributed by atoms with Gasteiger partial charge in [-0.15, -0.1) is 0 Å². The van der Waals surface area contributed by atoms with Gasteiger partial charge in [-0.3, -0.25) is 28.8 Å². The van der Waals surface area contributed by atoms with Crippen molar-refractivity contribution in [1.29, 1.82) is 0 Å². The Labute approximate surface area is 335 Å². The Morgan fingerprint density at radius 2 is 1.22 bits per heavy atom. The summed E-state index contributed by atoms with van der Waals surface area (Å²) in [5.74, 6) is -7.54. The predicted molar refractivity (Wildman–Crippen MR) is 211 cm³/mol. The number of alkyl halides is 2. The molecule has 0 radical (unpaired) electrons. The van der Waals surface area contributed by atoms with Crippen LogP contribution in [-0.2, 0) is 46.4 Å². The fourth-order valence-electron chi connectivity index (χ4n) is 5.78. The van der Waals surface area contributed by atoms with Gasteiger partial charge in [-0.1, -0.05) is 76.2 Å². The van der Waals surface area contributed by atoms with Crippen LogP contribution in [0.15, 0.2) is 60.8 Å². The molecule has 6 amide bonds. The molecule has 0 spiro atoms. The second kappa shape index (κ2) is 21.6. The molecule has 0 unspecified atom stereocenters. The Morgan fingerprint density at radius 3 is 1.83 bits per heavy atom. The minimum atomic E-state index is -2.85. The zero-order valence-electron chi connectivity index (χ0n) is 33.3. The zero-order valence-corrected chi connectivity index (χ0v) is 33.3. The van der Waals surface area contributed by atoms with Crippen molar-refractivity contribution in [2.75, 3.05) is 6.54 Å². The number of halogens is 2. The van der Waals surface area contributed by atoms with Crippen molar-refractivity contribution < 1.29 is 47.4 Å². The lowest BCUT2D eigenvalue weighted by molar-refractivity contribution is -0.142. The maximum absolute atomic E-state index is 15.1. The first-order valence-electron chi connectivity index (χ1n) is 19.0. The largest absolute Gasteiger partial charge is 0.480 e. The number of para-hydroxylation sites is 1. The van der Waals surface area contributed by atoms with Crippen LogP contribution in [0.4, 0.5) is 8.78 Å². The molecule has 2 aromatic carbocycles. The number of aromatic nitrogens is 1. The lowest BCUT2D eigenvalue weighted by Gasteiger charge is -2.26. The molecule has 0 saturated heterocycles. The second-order valence-electron chi connectivity index (χ2n) is 14.8. The Kier molecular flexibility index (Phi) is 17.3. The van der Waals surface area contributed by atoms with Gasteiger partial charge in [-0.05, 0) is 42.9 Å². The summed E-state index contributed by atoms with van der Waals surface area (Å²) in [5.41, 5.74) is 7.90. The summed E-state index contributed by atoms with van der Waals surface area (Å²) >= 11 is 0. The number of carboxylic acids is 1. The van der Waals surface area contributed by atoms with E-state index in [1.165, 1.54) is 13.8 Å². The molecule has 58 heavy (non-hydrogen) atoms. The van der Waals surface area contributed by atoms with Gasteiger partial charge in [-0.2, -0.15) is 0 Å². The molecular formula is C40H54F2N8O8. The van der Waals surface area contributed by atoms with Crippen LogP contribution >= 0.6 is 0 Å². The molecule has 1 aromatic heterocycles. The maximum atomic E-state index is 15.1. The van der Waals surface area contributed by atoms with Gasteiger partial charge in [0, 0.05) is 29.9 Å². The molecule has 0 aliphatic heterocycles. The highest BCUT2D eigenvalue weighted by molar-refractivity contribution is 5.95. The molecule has 18 heteroatoms. The average Bonchev–Trinajstić information content (AvgIpc) is 3.59. The van der Waals surface area contributed by atoms with Crippen LogP contribution in [0, 0.1) is 11.8 Å². The van der Waals surface area contributed by atoms with E-state index >= 15 is 8.78 Å². The number of carbonyl (C=O) groups is 7. The molecule has 3 rings (SSSR count). The third-order valence-corrected chi connectivity index (χ3v) is 9.44. The molecule has 10 N–H and O–H groups in total. The summed E-state index contributed by atoms with van der Waals surface area (Å²) < 4.78 is 30.3. The molecule has 316 valence electrons. The number of fused-ring (bicyclic) bond motifs is 1. The van der Waals surface area contributed by atoms with Gasteiger partial charge in [0.1, 0.15) is 30.2 Å². The number of aliphatic carboxylic acids is 1. The summed E-state index contributed by atoms with van der Waals surface area (Å²) in [6, 6.07) is 8.39. The summed E-state index contributed by atoms with van der Waals surface area (Å²) in [6.45, 7) is 8.24. The van der Waals surface area contributed by atoms with E-state index in [-0.39, 0.29) is 18.8 Å². The summed E-state index contributed by atoms with van der Waals surface area (Å²) in [7, 11) is 0. The van der Waals surface area contributed by atoms with E-state index in [9.17, 15) is 38.7 Å². The molecular weight excluding hydrogens is 758 g/mol. The lowest BCUT2D eigenvalue weighted by atomic mass is 10.0. The van der Waals surface area contributed by atoms with Gasteiger partial charge in [0.25, 0.3) is 5.91 Å². The van der Waals surface area contributed by atoms with Crippen LogP contribution in [0.5, 0.6) is 0 Å². The van der Waals surface area contributed by atoms with Crippen LogP contribution in [0.25, 0.3) is 10.9 Å². The number of rotatable bonds is 21. The minimum absolute atomic E-state index is 0.0255. The number of hydrogen-bond acceptors (Lipinski definition) is 8. The second-order valence-corrected chi connectivity index (χ2v) is 14.8. The van der Waals surface area contributed by atoms with E-state index in [0.717, 1.165) is 10.9 Å². The van der Waals surface area contributed by atoms with Crippen molar-refractivity contribution in [3.8, 4) is 0 Å². The van der Waals surface area contributed by atoms with E-state index < -0.39 is 102 Å². The van der Waals surface area contributed by atoms with Crippen molar-refractivity contribution >= 4 is 52.3 Å². The number of hydrogen-bond donors (Lipinski definition) is 9. The van der Waals surface area contributed by atoms with Crippen molar-refractivity contribution in [3.05, 3.63) is 71.9 Å². The first-order chi connectivity index (χ1) is 27.3. The molecule has 16 nitrogen and oxygen atoms in total. The van der Waals surface area contributed by atoms with Gasteiger partial charge >= 0.3 is 5.97 Å². The van der Waals surface area contributed by atoms with Gasteiger partial charge in [-0.25, -0.2) is 13.6 Å². The standard InChI is InChI=1S/C40H54F2N8O8/c1-20(2)32(43)38(55)47-22(5)34(51)48-29(17-25-18-44-28-15-11-10-14-26(25)28)36(53)45-19-27(41)31(42)37(54)46-23(6)35(52)50-33(21(3)4)39(56)49-30(40(57)58)16-24-12-8-7-9-13-24/h7-15,18,20-23,27,29-33,44H,16-17,19,43H2,1-6H3,(H,45,53)(H,46,54)(H,47,55)(H,48,51)(H,49,56)(H,50,52)(H,57,58)/t22-,23-,27+,29-,30+,31+,32-,33-/m1/s1. The van der Waals surface area contributed by atoms with Crippen LogP contribution in [0.2, 0.25) is 0 Å². The predicted octanol–water partition coefficient (Wildman–Crippen LogP) is 0.933. The van der Waals surface area contributed by atoms with Crippen LogP contribution in [-0.4, -0.2) is 107 Å². The van der Waals surface area contributed by atoms with E-state index in [4.69, 9.17) is 5.73 Å². The number of nitrogens with one attached hydrogen (secondary N) is 7. The van der Waals surface area contributed by atoms with Crippen molar-refractivity contribution in [3.63, 3.8) is 0 Å². The molecule has 0 aliphatic rings. The lowest BCUT2D eigenvalue weighted by Crippen LogP contribution is -2.58. The quantitative estimate of drug-likeness (QED) is 0.0741. The van der Waals surface area contributed by atoms with E-state index in [1.807, 2.05) is 0 Å². The number of H-pyrrole nitrogens is 1. The number of benzene rings is 2. The van der Waals surface area contributed by atoms with Gasteiger partial charge < -0.3 is 47.7 Å². The van der Waals surface area contributed by atoms with Gasteiger partial charge in [0.15, 0.2) is 6.17 Å². The number of carboxylic acid groups (broad SMARTS) is 1. The van der Waals surface area contributed by atoms with Gasteiger partial charge in [0.2, 0.25) is 35.7 Å². The fraction of sp³-hybridized carbons (Fsp3) is 0.475. The number of amides is 6. The molecule has 0 saturated carbocycles. The molecule has 1 heterocycles. The fourth-order valence-corrected chi connectivity index (χ4v) is 5.78. The van der Waals surface area contributed by atoms with E-state index in [2.05, 4.69) is 36.9 Å². The van der Waals surface area contributed by atoms with Crippen molar-refractivity contribution in [2.45, 2.75) is 103 Å². The molecule has 8 atom stereocenters. The SMILES string of the molecule is CC(C)[C@@H](N)C(=O)N[C@H](C)C(=O)N[C@H](Cc1c[nH]c2ccccc12)C(=O)NC[C@H](F)[C@H](F)C(=O)N[C@H](C)C(=O)N[C@@H](C(=O)N[C@@H](Cc1ccccc1)C(=O)O)C(C)C. The van der Waals surface area contributed by atoms with Crippen LogP contribution < -0.4 is 37.6 Å². The first-order valence-corrected chi connectivity index (χ1v) is 19.0. The zero-order chi connectivity index (χ0) is 43.3. The highest BCUT2D eigenvalue weighted by atomic mass is 19.2. The minimum Gasteiger partial charge on any atom is -0.480 e. The number of nitrogens with two attached hydrogens (primary N) is 1. The van der Waals surface area contributed by atoms with Gasteiger partial charge in [0.05, 0.1) is 12.6 Å². The molecule has 0 fully saturated rings. The molecule has 3 aromatic rings. The smallest absolute Gasteiger partial charge is 0.326 e. The normalized spacial score (nSPS) is 15.5. The molecule has 0 bridgehead atoms. The monoisotopic (exact) mass is 812 g/mol. The topological polar surface area (TPSA) is 254 Å². The Balaban J connectivity index is 1.61. The number of carbonyl (C=O) groups excluding carboxylic acids is 6. The number of aromatic amines is 1. The van der Waals surface area contributed by atoms with E-state index in [0.29, 0.717) is 11.1 Å². The van der Waals surface area contributed by atoms with Crippen LogP contribution in [0.1, 0.15) is 52.7 Å². The third kappa shape index (κ3) is 13.3. The van der Waals surface area contributed by atoms with E-state index in [1.54, 1.807) is 88.5 Å². The summed E-state index contributed by atoms with van der Waals surface area (Å²) in [6.07, 6.45) is -3.92. The summed E-state index contributed by atoms with van der Waals surface area (Å²) in [5, 5.41) is 24.6. The Morgan fingerprint density at radius 1 is 0.655 bits per heavy atom. The third-order valence-electron chi connectivity index (χ3n) is 9.44. The van der Waals surface area contributed by atoms with Crippen LogP contribution in [0.3, 0.4) is 0 Å². The summed E-state index contributed by atoms with van der Waals surface area (Å²) in [4.78, 5) is 92.7.